The van der Waals surface area contributed by atoms with E-state index in [1.165, 1.54) is 6.07 Å². The Labute approximate surface area is 125 Å². The van der Waals surface area contributed by atoms with Crippen LogP contribution < -0.4 is 0 Å². The van der Waals surface area contributed by atoms with E-state index in [0.717, 1.165) is 13.0 Å². The molecule has 0 N–H and O–H groups in total. The summed E-state index contributed by atoms with van der Waals surface area (Å²) in [6.07, 6.45) is 0.930. The molecule has 0 saturated carbocycles. The molecule has 5 nitrogen and oxygen atoms in total. The zero-order valence-corrected chi connectivity index (χ0v) is 13.7. The Morgan fingerprint density at radius 3 is 2.70 bits per heavy atom. The lowest BCUT2D eigenvalue weighted by molar-refractivity contribution is 0.144. The summed E-state index contributed by atoms with van der Waals surface area (Å²) in [5.74, 6) is 1.08. The monoisotopic (exact) mass is 320 g/mol. The van der Waals surface area contributed by atoms with Gasteiger partial charge in [0.25, 0.3) is 0 Å². The second kappa shape index (κ2) is 6.05. The van der Waals surface area contributed by atoms with E-state index < -0.39 is 10.0 Å². The molecule has 0 bridgehead atoms. The number of rotatable bonds is 4. The second-order valence-electron chi connectivity index (χ2n) is 5.17. The van der Waals surface area contributed by atoms with Gasteiger partial charge >= 0.3 is 0 Å². The zero-order valence-electron chi connectivity index (χ0n) is 12.1. The lowest BCUT2D eigenvalue weighted by atomic mass is 10.1. The van der Waals surface area contributed by atoms with E-state index in [2.05, 4.69) is 11.8 Å². The molecule has 1 aliphatic heterocycles. The highest BCUT2D eigenvalue weighted by molar-refractivity contribution is 7.89. The third-order valence-corrected chi connectivity index (χ3v) is 6.12. The zero-order chi connectivity index (χ0) is 14.9. The van der Waals surface area contributed by atoms with Crippen LogP contribution in [0.1, 0.15) is 24.9 Å². The van der Waals surface area contributed by atoms with E-state index in [-0.39, 0.29) is 16.8 Å². The van der Waals surface area contributed by atoms with Gasteiger partial charge in [-0.25, -0.2) is 8.42 Å². The molecule has 7 heteroatoms. The number of nitrogens with zero attached hydrogens (tertiary/aromatic N) is 2. The summed E-state index contributed by atoms with van der Waals surface area (Å²) in [5, 5.41) is 0. The van der Waals surface area contributed by atoms with Gasteiger partial charge in [-0.1, -0.05) is 6.92 Å². The molecule has 0 aliphatic carbocycles. The van der Waals surface area contributed by atoms with Gasteiger partial charge in [-0.05, 0) is 20.4 Å². The van der Waals surface area contributed by atoms with Gasteiger partial charge in [0.15, 0.2) is 0 Å². The van der Waals surface area contributed by atoms with Crippen molar-refractivity contribution in [1.29, 1.82) is 0 Å². The van der Waals surface area contributed by atoms with Crippen LogP contribution in [0.2, 0.25) is 0 Å². The Morgan fingerprint density at radius 1 is 1.45 bits per heavy atom. The van der Waals surface area contributed by atoms with Crippen molar-refractivity contribution in [3.05, 3.63) is 17.6 Å². The van der Waals surface area contributed by atoms with Gasteiger partial charge in [0.1, 0.15) is 16.4 Å². The van der Waals surface area contributed by atoms with Crippen LogP contribution in [0.15, 0.2) is 15.4 Å². The smallest absolute Gasteiger partial charge is 0.246 e. The number of hydrogen-bond acceptors (Lipinski definition) is 4. The van der Waals surface area contributed by atoms with Crippen molar-refractivity contribution in [3.8, 4) is 0 Å². The van der Waals surface area contributed by atoms with Crippen molar-refractivity contribution in [2.75, 3.05) is 26.7 Å². The van der Waals surface area contributed by atoms with Crippen LogP contribution in [0.4, 0.5) is 0 Å². The van der Waals surface area contributed by atoms with Gasteiger partial charge in [0.05, 0.1) is 5.88 Å². The first-order chi connectivity index (χ1) is 9.40. The fraction of sp³-hybridized carbons (Fsp3) is 0.692. The minimum atomic E-state index is -3.49. The van der Waals surface area contributed by atoms with Gasteiger partial charge in [-0.2, -0.15) is 4.31 Å². The minimum Gasteiger partial charge on any atom is -0.464 e. The third kappa shape index (κ3) is 2.88. The molecule has 114 valence electrons. The number of sulfonamides is 1. The standard InChI is InChI=1S/C13H21ClN2O3S/c1-4-11-9-16(6-5-15(11)3)20(17,18)13-7-12(8-14)19-10(13)2/h7,11H,4-6,8-9H2,1-3H3. The summed E-state index contributed by atoms with van der Waals surface area (Å²) in [6.45, 7) is 5.52. The predicted octanol–water partition coefficient (Wildman–Crippen LogP) is 2.04. The van der Waals surface area contributed by atoms with Crippen LogP contribution in [-0.4, -0.2) is 50.3 Å². The molecular weight excluding hydrogens is 300 g/mol. The Kier molecular flexibility index (Phi) is 4.79. The molecule has 1 unspecified atom stereocenters. The second-order valence-corrected chi connectivity index (χ2v) is 7.35. The highest BCUT2D eigenvalue weighted by Gasteiger charge is 2.34. The number of halogens is 1. The average Bonchev–Trinajstić information content (AvgIpc) is 2.81. The van der Waals surface area contributed by atoms with E-state index in [4.69, 9.17) is 16.0 Å². The molecule has 2 heterocycles. The molecular formula is C13H21ClN2O3S. The quantitative estimate of drug-likeness (QED) is 0.797. The van der Waals surface area contributed by atoms with Crippen LogP contribution in [-0.2, 0) is 15.9 Å². The highest BCUT2D eigenvalue weighted by Crippen LogP contribution is 2.26. The summed E-state index contributed by atoms with van der Waals surface area (Å²) >= 11 is 5.70. The third-order valence-electron chi connectivity index (χ3n) is 3.88. The van der Waals surface area contributed by atoms with E-state index in [1.54, 1.807) is 11.2 Å². The number of likely N-dealkylation sites (N-methyl/N-ethyl adjacent to an activating group) is 1. The molecule has 1 saturated heterocycles. The summed E-state index contributed by atoms with van der Waals surface area (Å²) in [7, 11) is -1.46. The first kappa shape index (κ1) is 15.8. The molecule has 0 amide bonds. The molecule has 1 aromatic heterocycles. The first-order valence-electron chi connectivity index (χ1n) is 6.75. The number of aryl methyl sites for hydroxylation is 1. The van der Waals surface area contributed by atoms with E-state index in [9.17, 15) is 8.42 Å². The van der Waals surface area contributed by atoms with Crippen LogP contribution in [0, 0.1) is 6.92 Å². The summed E-state index contributed by atoms with van der Waals surface area (Å²) < 4.78 is 32.3. The maximum atomic E-state index is 12.7. The fourth-order valence-electron chi connectivity index (χ4n) is 2.56. The van der Waals surface area contributed by atoms with Crippen molar-refractivity contribution in [2.45, 2.75) is 37.1 Å². The molecule has 1 fully saturated rings. The van der Waals surface area contributed by atoms with Crippen LogP contribution in [0.3, 0.4) is 0 Å². The maximum absolute atomic E-state index is 12.7. The Morgan fingerprint density at radius 2 is 2.15 bits per heavy atom. The number of hydrogen-bond donors (Lipinski definition) is 0. The predicted molar refractivity (Wildman–Crippen MR) is 78.5 cm³/mol. The Hall–Kier alpha value is -0.560. The van der Waals surface area contributed by atoms with Crippen molar-refractivity contribution in [2.24, 2.45) is 0 Å². The molecule has 1 aromatic rings. The summed E-state index contributed by atoms with van der Waals surface area (Å²) in [5.41, 5.74) is 0. The van der Waals surface area contributed by atoms with Gasteiger partial charge in [0, 0.05) is 31.7 Å². The molecule has 20 heavy (non-hydrogen) atoms. The molecule has 0 radical (unpaired) electrons. The lowest BCUT2D eigenvalue weighted by Crippen LogP contribution is -2.52. The Bertz CT molecular complexity index is 570. The maximum Gasteiger partial charge on any atom is 0.246 e. The largest absolute Gasteiger partial charge is 0.464 e. The number of piperazine rings is 1. The summed E-state index contributed by atoms with van der Waals surface area (Å²) in [4.78, 5) is 2.45. The fourth-order valence-corrected chi connectivity index (χ4v) is 4.35. The average molecular weight is 321 g/mol. The molecule has 0 aromatic carbocycles. The van der Waals surface area contributed by atoms with Crippen LogP contribution in [0.25, 0.3) is 0 Å². The SMILES string of the molecule is CCC1CN(S(=O)(=O)c2cc(CCl)oc2C)CCN1C. The summed E-state index contributed by atoms with van der Waals surface area (Å²) in [6, 6.07) is 1.80. The van der Waals surface area contributed by atoms with Gasteiger partial charge < -0.3 is 9.32 Å². The van der Waals surface area contributed by atoms with Crippen LogP contribution in [0.5, 0.6) is 0 Å². The molecule has 2 rings (SSSR count). The molecule has 1 atom stereocenters. The van der Waals surface area contributed by atoms with Gasteiger partial charge in [-0.3, -0.25) is 0 Å². The topological polar surface area (TPSA) is 53.8 Å². The van der Waals surface area contributed by atoms with Gasteiger partial charge in [0.2, 0.25) is 10.0 Å². The molecule has 0 spiro atoms. The normalized spacial score (nSPS) is 22.3. The number of furan rings is 1. The molecule has 1 aliphatic rings. The lowest BCUT2D eigenvalue weighted by Gasteiger charge is -2.38. The highest BCUT2D eigenvalue weighted by atomic mass is 35.5. The van der Waals surface area contributed by atoms with Crippen molar-refractivity contribution < 1.29 is 12.8 Å². The van der Waals surface area contributed by atoms with Gasteiger partial charge in [-0.15, -0.1) is 11.6 Å². The number of alkyl halides is 1. The van der Waals surface area contributed by atoms with E-state index >= 15 is 0 Å². The van der Waals surface area contributed by atoms with Crippen molar-refractivity contribution in [3.63, 3.8) is 0 Å². The van der Waals surface area contributed by atoms with Crippen molar-refractivity contribution >= 4 is 21.6 Å². The Balaban J connectivity index is 2.28. The minimum absolute atomic E-state index is 0.177. The van der Waals surface area contributed by atoms with E-state index in [0.29, 0.717) is 24.6 Å². The van der Waals surface area contributed by atoms with E-state index in [1.807, 2.05) is 7.05 Å². The van der Waals surface area contributed by atoms with Crippen molar-refractivity contribution in [1.82, 2.24) is 9.21 Å². The van der Waals surface area contributed by atoms with Crippen LogP contribution >= 0.6 is 11.6 Å². The first-order valence-corrected chi connectivity index (χ1v) is 8.73.